The predicted molar refractivity (Wildman–Crippen MR) is 93.3 cm³/mol. The van der Waals surface area contributed by atoms with E-state index in [1.807, 2.05) is 0 Å². The van der Waals surface area contributed by atoms with Crippen molar-refractivity contribution >= 4 is 31.9 Å². The van der Waals surface area contributed by atoms with Crippen LogP contribution in [-0.4, -0.2) is 6.54 Å². The molecule has 0 fully saturated rings. The number of hydrogen-bond donors (Lipinski definition) is 1. The number of benzene rings is 2. The van der Waals surface area contributed by atoms with Crippen molar-refractivity contribution in [2.24, 2.45) is 0 Å². The summed E-state index contributed by atoms with van der Waals surface area (Å²) < 4.78 is 2.18. The normalized spacial score (nSPS) is 12.4. The third-order valence-corrected chi connectivity index (χ3v) is 4.12. The van der Waals surface area contributed by atoms with Crippen molar-refractivity contribution in [3.63, 3.8) is 0 Å². The summed E-state index contributed by atoms with van der Waals surface area (Å²) >= 11 is 7.15. The van der Waals surface area contributed by atoms with Crippen molar-refractivity contribution in [2.45, 2.75) is 26.8 Å². The lowest BCUT2D eigenvalue weighted by molar-refractivity contribution is 0.629. The highest BCUT2D eigenvalue weighted by atomic mass is 79.9. The Hall–Kier alpha value is -0.640. The monoisotopic (exact) mass is 395 g/mol. The minimum absolute atomic E-state index is 0.215. The Labute approximate surface area is 138 Å². The van der Waals surface area contributed by atoms with Gasteiger partial charge in [-0.2, -0.15) is 0 Å². The Kier molecular flexibility index (Phi) is 5.42. The zero-order valence-corrected chi connectivity index (χ0v) is 15.2. The third kappa shape index (κ3) is 3.94. The summed E-state index contributed by atoms with van der Waals surface area (Å²) in [5.41, 5.74) is 5.18. The van der Waals surface area contributed by atoms with E-state index in [1.54, 1.807) is 0 Å². The smallest absolute Gasteiger partial charge is 0.0577 e. The first kappa shape index (κ1) is 15.7. The molecule has 1 atom stereocenters. The molecule has 0 saturated heterocycles. The zero-order valence-electron chi connectivity index (χ0n) is 12.0. The van der Waals surface area contributed by atoms with E-state index in [2.05, 4.69) is 94.3 Å². The van der Waals surface area contributed by atoms with Crippen LogP contribution in [0.4, 0.5) is 0 Å². The molecule has 2 aromatic carbocycles. The first-order chi connectivity index (χ1) is 9.49. The van der Waals surface area contributed by atoms with Gasteiger partial charge in [-0.3, -0.25) is 0 Å². The van der Waals surface area contributed by atoms with Crippen LogP contribution >= 0.6 is 31.9 Å². The molecule has 1 N–H and O–H groups in total. The molecule has 2 aromatic rings. The highest BCUT2D eigenvalue weighted by Crippen LogP contribution is 2.29. The molecule has 20 heavy (non-hydrogen) atoms. The van der Waals surface area contributed by atoms with E-state index in [0.29, 0.717) is 0 Å². The Morgan fingerprint density at radius 3 is 1.85 bits per heavy atom. The van der Waals surface area contributed by atoms with Crippen LogP contribution in [0.15, 0.2) is 45.3 Å². The maximum atomic E-state index is 3.58. The van der Waals surface area contributed by atoms with Gasteiger partial charge in [0.05, 0.1) is 6.04 Å². The quantitative estimate of drug-likeness (QED) is 0.716. The van der Waals surface area contributed by atoms with Gasteiger partial charge in [-0.15, -0.1) is 0 Å². The molecule has 106 valence electrons. The van der Waals surface area contributed by atoms with Crippen LogP contribution in [0.2, 0.25) is 0 Å². The Balaban J connectivity index is 2.49. The lowest BCUT2D eigenvalue weighted by atomic mass is 9.95. The Morgan fingerprint density at radius 2 is 1.35 bits per heavy atom. The number of rotatable bonds is 4. The molecule has 0 amide bonds. The zero-order chi connectivity index (χ0) is 14.7. The van der Waals surface area contributed by atoms with Crippen molar-refractivity contribution < 1.29 is 0 Å². The topological polar surface area (TPSA) is 12.0 Å². The van der Waals surface area contributed by atoms with E-state index < -0.39 is 0 Å². The summed E-state index contributed by atoms with van der Waals surface area (Å²) in [6.07, 6.45) is 0. The van der Waals surface area contributed by atoms with Gasteiger partial charge in [-0.1, -0.05) is 68.1 Å². The van der Waals surface area contributed by atoms with Crippen LogP contribution in [-0.2, 0) is 0 Å². The average molecular weight is 397 g/mol. The molecule has 0 aliphatic heterocycles. The van der Waals surface area contributed by atoms with Crippen molar-refractivity contribution in [1.29, 1.82) is 0 Å². The molecule has 0 aromatic heterocycles. The fourth-order valence-electron chi connectivity index (χ4n) is 2.55. The molecule has 3 heteroatoms. The van der Waals surface area contributed by atoms with Gasteiger partial charge in [0.2, 0.25) is 0 Å². The number of halogens is 2. The van der Waals surface area contributed by atoms with Crippen LogP contribution < -0.4 is 5.32 Å². The Bertz CT molecular complexity index is 516. The van der Waals surface area contributed by atoms with Gasteiger partial charge in [0.15, 0.2) is 0 Å². The van der Waals surface area contributed by atoms with E-state index in [9.17, 15) is 0 Å². The van der Waals surface area contributed by atoms with Crippen LogP contribution in [0.1, 0.15) is 35.2 Å². The molecular formula is C17H19Br2N. The third-order valence-electron chi connectivity index (χ3n) is 3.20. The van der Waals surface area contributed by atoms with Crippen molar-refractivity contribution in [1.82, 2.24) is 5.32 Å². The second kappa shape index (κ2) is 6.88. The highest BCUT2D eigenvalue weighted by molar-refractivity contribution is 9.11. The fourth-order valence-corrected chi connectivity index (χ4v) is 3.88. The van der Waals surface area contributed by atoms with Gasteiger partial charge >= 0.3 is 0 Å². The maximum Gasteiger partial charge on any atom is 0.0577 e. The molecule has 0 heterocycles. The number of hydrogen-bond acceptors (Lipinski definition) is 1. The minimum atomic E-state index is 0.215. The first-order valence-electron chi connectivity index (χ1n) is 6.77. The molecule has 0 radical (unpaired) electrons. The van der Waals surface area contributed by atoms with Crippen LogP contribution in [0.3, 0.4) is 0 Å². The summed E-state index contributed by atoms with van der Waals surface area (Å²) in [7, 11) is 0. The summed E-state index contributed by atoms with van der Waals surface area (Å²) in [4.78, 5) is 0. The molecule has 0 bridgehead atoms. The Morgan fingerprint density at radius 1 is 0.850 bits per heavy atom. The maximum absolute atomic E-state index is 3.58. The van der Waals surface area contributed by atoms with Crippen molar-refractivity contribution in [3.8, 4) is 0 Å². The summed E-state index contributed by atoms with van der Waals surface area (Å²) in [6, 6.07) is 13.4. The SMILES string of the molecule is CCNC(c1cc(C)cc(C)c1)c1cc(Br)cc(Br)c1. The predicted octanol–water partition coefficient (Wildman–Crippen LogP) is 5.53. The van der Waals surface area contributed by atoms with Gasteiger partial charge in [0.25, 0.3) is 0 Å². The molecule has 0 spiro atoms. The highest BCUT2D eigenvalue weighted by Gasteiger charge is 2.14. The van der Waals surface area contributed by atoms with Crippen molar-refractivity contribution in [3.05, 3.63) is 67.6 Å². The van der Waals surface area contributed by atoms with E-state index in [1.165, 1.54) is 22.3 Å². The van der Waals surface area contributed by atoms with Crippen LogP contribution in [0, 0.1) is 13.8 Å². The van der Waals surface area contributed by atoms with Gasteiger partial charge < -0.3 is 5.32 Å². The number of nitrogens with one attached hydrogen (secondary N) is 1. The minimum Gasteiger partial charge on any atom is -0.307 e. The number of aryl methyl sites for hydroxylation is 2. The van der Waals surface area contributed by atoms with E-state index in [0.717, 1.165) is 15.5 Å². The van der Waals surface area contributed by atoms with E-state index in [-0.39, 0.29) is 6.04 Å². The summed E-state index contributed by atoms with van der Waals surface area (Å²) in [6.45, 7) is 7.37. The fraction of sp³-hybridized carbons (Fsp3) is 0.294. The standard InChI is InChI=1S/C17H19Br2N/c1-4-20-17(13-6-11(2)5-12(3)7-13)14-8-15(18)10-16(19)9-14/h5-10,17,20H,4H2,1-3H3. The molecule has 0 aliphatic rings. The molecule has 2 rings (SSSR count). The molecule has 0 aliphatic carbocycles. The molecule has 1 nitrogen and oxygen atoms in total. The second-order valence-corrected chi connectivity index (χ2v) is 6.95. The summed E-state index contributed by atoms with van der Waals surface area (Å²) in [5, 5.41) is 3.58. The van der Waals surface area contributed by atoms with E-state index >= 15 is 0 Å². The molecule has 1 unspecified atom stereocenters. The average Bonchev–Trinajstić information content (AvgIpc) is 2.33. The van der Waals surface area contributed by atoms with E-state index in [4.69, 9.17) is 0 Å². The lowest BCUT2D eigenvalue weighted by Gasteiger charge is -2.21. The van der Waals surface area contributed by atoms with Crippen molar-refractivity contribution in [2.75, 3.05) is 6.54 Å². The van der Waals surface area contributed by atoms with Gasteiger partial charge in [0, 0.05) is 8.95 Å². The molecular weight excluding hydrogens is 378 g/mol. The lowest BCUT2D eigenvalue weighted by Crippen LogP contribution is -2.22. The van der Waals surface area contributed by atoms with Crippen LogP contribution in [0.5, 0.6) is 0 Å². The van der Waals surface area contributed by atoms with Gasteiger partial charge in [-0.25, -0.2) is 0 Å². The largest absolute Gasteiger partial charge is 0.307 e. The second-order valence-electron chi connectivity index (χ2n) is 5.11. The summed E-state index contributed by atoms with van der Waals surface area (Å²) in [5.74, 6) is 0. The van der Waals surface area contributed by atoms with Gasteiger partial charge in [0.1, 0.15) is 0 Å². The molecule has 0 saturated carbocycles. The van der Waals surface area contributed by atoms with Gasteiger partial charge in [-0.05, 0) is 49.7 Å². The van der Waals surface area contributed by atoms with Crippen LogP contribution in [0.25, 0.3) is 0 Å². The first-order valence-corrected chi connectivity index (χ1v) is 8.35.